The lowest BCUT2D eigenvalue weighted by atomic mass is 9.52. The van der Waals surface area contributed by atoms with E-state index in [0.29, 0.717) is 24.4 Å². The van der Waals surface area contributed by atoms with E-state index >= 15 is 0 Å². The van der Waals surface area contributed by atoms with Crippen molar-refractivity contribution in [2.24, 2.45) is 16.7 Å². The fourth-order valence-electron chi connectivity index (χ4n) is 6.35. The molecule has 0 aromatic heterocycles. The van der Waals surface area contributed by atoms with Gasteiger partial charge in [-0.1, -0.05) is 18.9 Å². The number of piperidine rings is 1. The number of rotatable bonds is 3. The summed E-state index contributed by atoms with van der Waals surface area (Å²) in [6.45, 7) is 12.9. The third-order valence-corrected chi connectivity index (χ3v) is 8.40. The molecule has 1 saturated heterocycles. The summed E-state index contributed by atoms with van der Waals surface area (Å²) in [4.78, 5) is 25.0. The van der Waals surface area contributed by atoms with Crippen LogP contribution < -0.4 is 4.74 Å². The second kappa shape index (κ2) is 8.11. The number of quaternary nitrogens is 1. The summed E-state index contributed by atoms with van der Waals surface area (Å²) in [5.41, 5.74) is 1.91. The number of likely N-dealkylation sites (N-methyl/N-ethyl adjacent to an activating group) is 1. The standard InChI is InChI=1S/C28H42NO4/c1-26(2,3)24(30)32-18-29(7)15-14-28-13-9-8-10-21(28)23(29)16-19-11-12-20(17-22(19)28)33-25(31)27(4,5)6/h11-12,17,21,23H,8-10,13-16,18H2,1-7H3/q+1/t21-,23+,28+,29?/m1/s1. The van der Waals surface area contributed by atoms with Gasteiger partial charge in [-0.05, 0) is 77.6 Å². The molecule has 1 saturated carbocycles. The van der Waals surface area contributed by atoms with Gasteiger partial charge in [-0.2, -0.15) is 0 Å². The lowest BCUT2D eigenvalue weighted by molar-refractivity contribution is -0.959. The van der Waals surface area contributed by atoms with Gasteiger partial charge in [-0.3, -0.25) is 14.1 Å². The van der Waals surface area contributed by atoms with Crippen LogP contribution in [0.1, 0.15) is 84.8 Å². The number of hydrogen-bond donors (Lipinski definition) is 0. The van der Waals surface area contributed by atoms with E-state index in [2.05, 4.69) is 19.2 Å². The summed E-state index contributed by atoms with van der Waals surface area (Å²) in [5.74, 6) is 0.929. The first-order valence-corrected chi connectivity index (χ1v) is 12.6. The highest BCUT2D eigenvalue weighted by Crippen LogP contribution is 2.57. The lowest BCUT2D eigenvalue weighted by Gasteiger charge is -2.61. The maximum absolute atomic E-state index is 12.5. The molecule has 4 rings (SSSR count). The number of likely N-dealkylation sites (tertiary alicyclic amines) is 1. The molecule has 5 heteroatoms. The Morgan fingerprint density at radius 1 is 1.03 bits per heavy atom. The van der Waals surface area contributed by atoms with Gasteiger partial charge < -0.3 is 9.47 Å². The summed E-state index contributed by atoms with van der Waals surface area (Å²) < 4.78 is 12.5. The van der Waals surface area contributed by atoms with Gasteiger partial charge in [0.25, 0.3) is 0 Å². The minimum Gasteiger partial charge on any atom is -0.426 e. The normalized spacial score (nSPS) is 31.2. The molecule has 33 heavy (non-hydrogen) atoms. The fourth-order valence-corrected chi connectivity index (χ4v) is 6.35. The molecule has 1 aromatic rings. The highest BCUT2D eigenvalue weighted by Gasteiger charge is 2.59. The van der Waals surface area contributed by atoms with Crippen molar-refractivity contribution >= 4 is 11.9 Å². The fraction of sp³-hybridized carbons (Fsp3) is 0.714. The zero-order valence-electron chi connectivity index (χ0n) is 21.6. The van der Waals surface area contributed by atoms with Crippen molar-refractivity contribution in [2.75, 3.05) is 20.3 Å². The maximum Gasteiger partial charge on any atom is 0.316 e. The van der Waals surface area contributed by atoms with Crippen LogP contribution in [0.15, 0.2) is 18.2 Å². The monoisotopic (exact) mass is 456 g/mol. The first kappa shape index (κ1) is 24.3. The number of carbonyl (C=O) groups excluding carboxylic acids is 2. The zero-order chi connectivity index (χ0) is 24.2. The van der Waals surface area contributed by atoms with E-state index in [4.69, 9.17) is 9.47 Å². The van der Waals surface area contributed by atoms with Crippen molar-refractivity contribution in [3.63, 3.8) is 0 Å². The Bertz CT molecular complexity index is 940. The number of esters is 2. The number of hydrogen-bond acceptors (Lipinski definition) is 4. The van der Waals surface area contributed by atoms with Gasteiger partial charge in [0.05, 0.1) is 30.5 Å². The number of carbonyl (C=O) groups is 2. The van der Waals surface area contributed by atoms with Gasteiger partial charge in [0.2, 0.25) is 6.73 Å². The van der Waals surface area contributed by atoms with E-state index in [-0.39, 0.29) is 17.4 Å². The first-order chi connectivity index (χ1) is 15.3. The highest BCUT2D eigenvalue weighted by atomic mass is 16.5. The molecule has 4 atom stereocenters. The summed E-state index contributed by atoms with van der Waals surface area (Å²) >= 11 is 0. The molecule has 2 aliphatic carbocycles. The average Bonchev–Trinajstić information content (AvgIpc) is 2.74. The third-order valence-electron chi connectivity index (χ3n) is 8.40. The average molecular weight is 457 g/mol. The predicted octanol–water partition coefficient (Wildman–Crippen LogP) is 5.39. The third kappa shape index (κ3) is 4.34. The van der Waals surface area contributed by atoms with Gasteiger partial charge in [-0.25, -0.2) is 0 Å². The molecule has 182 valence electrons. The van der Waals surface area contributed by atoms with Gasteiger partial charge in [-0.15, -0.1) is 0 Å². The molecule has 1 heterocycles. The van der Waals surface area contributed by atoms with E-state index < -0.39 is 10.8 Å². The van der Waals surface area contributed by atoms with E-state index in [0.717, 1.165) is 23.9 Å². The summed E-state index contributed by atoms with van der Waals surface area (Å²) in [5, 5.41) is 0. The van der Waals surface area contributed by atoms with Gasteiger partial charge in [0.1, 0.15) is 5.75 Å². The Labute approximate surface area is 199 Å². The van der Waals surface area contributed by atoms with E-state index in [1.165, 1.54) is 36.8 Å². The van der Waals surface area contributed by atoms with Gasteiger partial charge in [0.15, 0.2) is 0 Å². The second-order valence-electron chi connectivity index (χ2n) is 13.0. The van der Waals surface area contributed by atoms with Crippen molar-refractivity contribution in [1.82, 2.24) is 0 Å². The Balaban J connectivity index is 1.65. The van der Waals surface area contributed by atoms with Crippen molar-refractivity contribution in [1.29, 1.82) is 0 Å². The molecule has 2 bridgehead atoms. The number of fused-ring (bicyclic) bond motifs is 1. The van der Waals surface area contributed by atoms with Crippen LogP contribution in [0.25, 0.3) is 0 Å². The highest BCUT2D eigenvalue weighted by molar-refractivity contribution is 5.78. The second-order valence-corrected chi connectivity index (χ2v) is 13.0. The summed E-state index contributed by atoms with van der Waals surface area (Å²) in [6.07, 6.45) is 6.99. The quantitative estimate of drug-likeness (QED) is 0.348. The molecule has 1 aliphatic heterocycles. The molecule has 1 aromatic carbocycles. The molecular weight excluding hydrogens is 414 g/mol. The van der Waals surface area contributed by atoms with Crippen molar-refractivity contribution in [3.8, 4) is 5.75 Å². The van der Waals surface area contributed by atoms with Crippen molar-refractivity contribution in [2.45, 2.75) is 91.5 Å². The molecule has 0 radical (unpaired) electrons. The van der Waals surface area contributed by atoms with Crippen molar-refractivity contribution < 1.29 is 23.5 Å². The molecule has 2 fully saturated rings. The largest absolute Gasteiger partial charge is 0.426 e. The Morgan fingerprint density at radius 2 is 1.73 bits per heavy atom. The zero-order valence-corrected chi connectivity index (χ0v) is 21.6. The van der Waals surface area contributed by atoms with Gasteiger partial charge in [0, 0.05) is 24.2 Å². The Morgan fingerprint density at radius 3 is 2.39 bits per heavy atom. The van der Waals surface area contributed by atoms with Crippen molar-refractivity contribution in [3.05, 3.63) is 29.3 Å². The van der Waals surface area contributed by atoms with Crippen LogP contribution in [0.2, 0.25) is 0 Å². The van der Waals surface area contributed by atoms with Gasteiger partial charge >= 0.3 is 11.9 Å². The molecule has 5 nitrogen and oxygen atoms in total. The number of benzene rings is 1. The number of nitrogens with zero attached hydrogens (tertiary/aromatic N) is 1. The molecule has 0 N–H and O–H groups in total. The minimum atomic E-state index is -0.527. The predicted molar refractivity (Wildman–Crippen MR) is 129 cm³/mol. The summed E-state index contributed by atoms with van der Waals surface area (Å²) in [7, 11) is 2.28. The SMILES string of the molecule is CC(C)(C)C(=O)OC[N+]1(C)CC[C@@]23CCCC[C@@H]2[C@@H]1Cc1ccc(OC(=O)C(C)(C)C)cc13. The van der Waals surface area contributed by atoms with Crippen LogP contribution in [0.4, 0.5) is 0 Å². The molecule has 1 unspecified atom stereocenters. The smallest absolute Gasteiger partial charge is 0.316 e. The molecule has 0 amide bonds. The Kier molecular flexibility index (Phi) is 5.96. The summed E-state index contributed by atoms with van der Waals surface area (Å²) in [6, 6.07) is 6.75. The number of ether oxygens (including phenoxy) is 2. The topological polar surface area (TPSA) is 52.6 Å². The van der Waals surface area contributed by atoms with Crippen LogP contribution >= 0.6 is 0 Å². The maximum atomic E-state index is 12.5. The van der Waals surface area contributed by atoms with E-state index in [1.54, 1.807) is 0 Å². The van der Waals surface area contributed by atoms with Crippen LogP contribution in [-0.2, 0) is 26.2 Å². The van der Waals surface area contributed by atoms with Crippen LogP contribution in [0.5, 0.6) is 5.75 Å². The minimum absolute atomic E-state index is 0.121. The van der Waals surface area contributed by atoms with E-state index in [1.807, 2.05) is 47.6 Å². The first-order valence-electron chi connectivity index (χ1n) is 12.6. The molecule has 0 spiro atoms. The van der Waals surface area contributed by atoms with Crippen LogP contribution in [0.3, 0.4) is 0 Å². The Hall–Kier alpha value is -1.88. The van der Waals surface area contributed by atoms with Crippen LogP contribution in [0, 0.1) is 16.7 Å². The molecule has 3 aliphatic rings. The lowest BCUT2D eigenvalue weighted by Crippen LogP contribution is -2.69. The van der Waals surface area contributed by atoms with E-state index in [9.17, 15) is 9.59 Å². The van der Waals surface area contributed by atoms with Crippen LogP contribution in [-0.4, -0.2) is 42.8 Å². The molecular formula is C28H42NO4+.